The Hall–Kier alpha value is -1.43. The van der Waals surface area contributed by atoms with Crippen LogP contribution in [0.3, 0.4) is 0 Å². The molecule has 1 fully saturated rings. The fraction of sp³-hybridized carbons (Fsp3) is 0.727. The molecule has 0 spiro atoms. The zero-order valence-electron chi connectivity index (χ0n) is 10.4. The molecule has 1 aliphatic rings. The summed E-state index contributed by atoms with van der Waals surface area (Å²) in [4.78, 5) is 11.7. The number of aromatic nitrogens is 3. The molecule has 94 valence electrons. The van der Waals surface area contributed by atoms with Crippen molar-refractivity contribution in [3.63, 3.8) is 0 Å². The van der Waals surface area contributed by atoms with Crippen LogP contribution in [0, 0.1) is 0 Å². The van der Waals surface area contributed by atoms with Gasteiger partial charge in [-0.2, -0.15) is 0 Å². The van der Waals surface area contributed by atoms with Gasteiger partial charge in [-0.3, -0.25) is 0 Å². The maximum absolute atomic E-state index is 11.7. The van der Waals surface area contributed by atoms with Crippen molar-refractivity contribution in [1.82, 2.24) is 20.3 Å². The molecule has 6 nitrogen and oxygen atoms in total. The van der Waals surface area contributed by atoms with Gasteiger partial charge in [0.05, 0.1) is 12.2 Å². The highest BCUT2D eigenvalue weighted by atomic mass is 16.6. The average Bonchev–Trinajstić information content (AvgIpc) is 2.86. The Morgan fingerprint density at radius 2 is 2.35 bits per heavy atom. The van der Waals surface area contributed by atoms with Crippen LogP contribution in [0.5, 0.6) is 0 Å². The number of ether oxygens (including phenoxy) is 1. The second-order valence-corrected chi connectivity index (χ2v) is 5.23. The normalized spacial score (nSPS) is 20.5. The smallest absolute Gasteiger partial charge is 0.361 e. The fourth-order valence-corrected chi connectivity index (χ4v) is 1.74. The topological polar surface area (TPSA) is 69.0 Å². The highest BCUT2D eigenvalue weighted by molar-refractivity contribution is 5.87. The Labute approximate surface area is 100 Å². The summed E-state index contributed by atoms with van der Waals surface area (Å²) in [5.41, 5.74) is -0.234. The van der Waals surface area contributed by atoms with Gasteiger partial charge >= 0.3 is 5.97 Å². The van der Waals surface area contributed by atoms with Crippen LogP contribution in [0.25, 0.3) is 0 Å². The van der Waals surface area contributed by atoms with Crippen molar-refractivity contribution in [2.45, 2.75) is 38.8 Å². The number of nitrogens with zero attached hydrogens (tertiary/aromatic N) is 3. The SMILES string of the molecule is CC(C)(C)OC(=O)c1cn(C2CCNC2)nn1. The van der Waals surface area contributed by atoms with Gasteiger partial charge < -0.3 is 10.1 Å². The molecule has 0 aliphatic carbocycles. The van der Waals surface area contributed by atoms with Crippen LogP contribution >= 0.6 is 0 Å². The number of carbonyl (C=O) groups is 1. The highest BCUT2D eigenvalue weighted by Gasteiger charge is 2.23. The zero-order valence-corrected chi connectivity index (χ0v) is 10.4. The monoisotopic (exact) mass is 238 g/mol. The van der Waals surface area contributed by atoms with Crippen LogP contribution < -0.4 is 5.32 Å². The second-order valence-electron chi connectivity index (χ2n) is 5.23. The molecule has 1 atom stereocenters. The van der Waals surface area contributed by atoms with Gasteiger partial charge in [-0.25, -0.2) is 9.48 Å². The Morgan fingerprint density at radius 3 is 2.94 bits per heavy atom. The maximum Gasteiger partial charge on any atom is 0.361 e. The first-order valence-corrected chi connectivity index (χ1v) is 5.81. The summed E-state index contributed by atoms with van der Waals surface area (Å²) < 4.78 is 6.96. The maximum atomic E-state index is 11.7. The molecule has 0 amide bonds. The molecular formula is C11H18N4O2. The minimum Gasteiger partial charge on any atom is -0.455 e. The van der Waals surface area contributed by atoms with Gasteiger partial charge in [0.15, 0.2) is 5.69 Å². The van der Waals surface area contributed by atoms with Crippen LogP contribution in [-0.4, -0.2) is 39.7 Å². The Morgan fingerprint density at radius 1 is 1.59 bits per heavy atom. The Balaban J connectivity index is 2.04. The summed E-state index contributed by atoms with van der Waals surface area (Å²) in [5.74, 6) is -0.422. The summed E-state index contributed by atoms with van der Waals surface area (Å²) in [5, 5.41) is 11.1. The number of carbonyl (C=O) groups excluding carboxylic acids is 1. The van der Waals surface area contributed by atoms with E-state index in [0.717, 1.165) is 19.5 Å². The van der Waals surface area contributed by atoms with Gasteiger partial charge in [-0.1, -0.05) is 5.21 Å². The molecule has 1 unspecified atom stereocenters. The molecule has 1 N–H and O–H groups in total. The number of hydrogen-bond acceptors (Lipinski definition) is 5. The lowest BCUT2D eigenvalue weighted by atomic mass is 10.2. The quantitative estimate of drug-likeness (QED) is 0.771. The molecule has 6 heteroatoms. The van der Waals surface area contributed by atoms with Crippen molar-refractivity contribution in [3.05, 3.63) is 11.9 Å². The van der Waals surface area contributed by atoms with Crippen molar-refractivity contribution in [2.75, 3.05) is 13.1 Å². The molecule has 0 bridgehead atoms. The molecule has 2 rings (SSSR count). The highest BCUT2D eigenvalue weighted by Crippen LogP contribution is 2.15. The molecule has 0 aromatic carbocycles. The third kappa shape index (κ3) is 3.03. The van der Waals surface area contributed by atoms with Crippen LogP contribution in [-0.2, 0) is 4.74 Å². The second kappa shape index (κ2) is 4.44. The first-order chi connectivity index (χ1) is 7.96. The Bertz CT molecular complexity index is 402. The third-order valence-corrected chi connectivity index (χ3v) is 2.53. The lowest BCUT2D eigenvalue weighted by Crippen LogP contribution is -2.24. The van der Waals surface area contributed by atoms with E-state index in [2.05, 4.69) is 15.6 Å². The predicted molar refractivity (Wildman–Crippen MR) is 61.7 cm³/mol. The lowest BCUT2D eigenvalue weighted by Gasteiger charge is -2.18. The minimum atomic E-state index is -0.504. The van der Waals surface area contributed by atoms with Crippen molar-refractivity contribution < 1.29 is 9.53 Å². The van der Waals surface area contributed by atoms with E-state index in [1.54, 1.807) is 10.9 Å². The first kappa shape index (κ1) is 12.0. The Kier molecular flexibility index (Phi) is 3.15. The third-order valence-electron chi connectivity index (χ3n) is 2.53. The zero-order chi connectivity index (χ0) is 12.5. The van der Waals surface area contributed by atoms with E-state index in [1.807, 2.05) is 20.8 Å². The minimum absolute atomic E-state index is 0.270. The molecule has 0 saturated carbocycles. The fourth-order valence-electron chi connectivity index (χ4n) is 1.74. The summed E-state index contributed by atoms with van der Waals surface area (Å²) in [6.07, 6.45) is 2.67. The molecule has 0 radical (unpaired) electrons. The molecule has 1 aliphatic heterocycles. The lowest BCUT2D eigenvalue weighted by molar-refractivity contribution is 0.00627. The van der Waals surface area contributed by atoms with Crippen molar-refractivity contribution >= 4 is 5.97 Å². The summed E-state index contributed by atoms with van der Waals surface area (Å²) in [6, 6.07) is 0.290. The van der Waals surface area contributed by atoms with Gasteiger partial charge in [0, 0.05) is 6.54 Å². The predicted octanol–water partition coefficient (Wildman–Crippen LogP) is 0.768. The number of esters is 1. The molecule has 1 aromatic heterocycles. The first-order valence-electron chi connectivity index (χ1n) is 5.81. The van der Waals surface area contributed by atoms with E-state index in [-0.39, 0.29) is 5.69 Å². The van der Waals surface area contributed by atoms with Gasteiger partial charge in [-0.05, 0) is 33.7 Å². The van der Waals surface area contributed by atoms with Crippen molar-refractivity contribution in [2.24, 2.45) is 0 Å². The van der Waals surface area contributed by atoms with Gasteiger partial charge in [0.25, 0.3) is 0 Å². The van der Waals surface area contributed by atoms with E-state index in [1.165, 1.54) is 0 Å². The number of nitrogens with one attached hydrogen (secondary N) is 1. The molecule has 2 heterocycles. The van der Waals surface area contributed by atoms with E-state index in [9.17, 15) is 4.79 Å². The largest absolute Gasteiger partial charge is 0.455 e. The molecular weight excluding hydrogens is 220 g/mol. The molecule has 1 aromatic rings. The van der Waals surface area contributed by atoms with Crippen LogP contribution in [0.2, 0.25) is 0 Å². The van der Waals surface area contributed by atoms with Gasteiger partial charge in [0.1, 0.15) is 5.60 Å². The van der Waals surface area contributed by atoms with Crippen LogP contribution in [0.1, 0.15) is 43.7 Å². The van der Waals surface area contributed by atoms with E-state index in [4.69, 9.17) is 4.74 Å². The summed E-state index contributed by atoms with van der Waals surface area (Å²) in [7, 11) is 0. The molecule has 17 heavy (non-hydrogen) atoms. The van der Waals surface area contributed by atoms with E-state index in [0.29, 0.717) is 6.04 Å². The van der Waals surface area contributed by atoms with E-state index >= 15 is 0 Å². The standard InChI is InChI=1S/C11H18N4O2/c1-11(2,3)17-10(16)9-7-15(14-13-9)8-4-5-12-6-8/h7-8,12H,4-6H2,1-3H3. The summed E-state index contributed by atoms with van der Waals surface area (Å²) >= 11 is 0. The van der Waals surface area contributed by atoms with E-state index < -0.39 is 11.6 Å². The van der Waals surface area contributed by atoms with Crippen LogP contribution in [0.15, 0.2) is 6.20 Å². The van der Waals surface area contributed by atoms with Crippen molar-refractivity contribution in [1.29, 1.82) is 0 Å². The van der Waals surface area contributed by atoms with Gasteiger partial charge in [0.2, 0.25) is 0 Å². The number of rotatable bonds is 2. The van der Waals surface area contributed by atoms with Crippen molar-refractivity contribution in [3.8, 4) is 0 Å². The molecule has 1 saturated heterocycles. The van der Waals surface area contributed by atoms with Crippen LogP contribution in [0.4, 0.5) is 0 Å². The van der Waals surface area contributed by atoms with Gasteiger partial charge in [-0.15, -0.1) is 5.10 Å². The number of hydrogen-bond donors (Lipinski definition) is 1. The average molecular weight is 238 g/mol. The summed E-state index contributed by atoms with van der Waals surface area (Å²) in [6.45, 7) is 7.34.